The molecule has 0 atom stereocenters. The van der Waals surface area contributed by atoms with Crippen LogP contribution in [0, 0.1) is 6.92 Å². The van der Waals surface area contributed by atoms with Crippen molar-refractivity contribution in [3.63, 3.8) is 0 Å². The Balaban J connectivity index is 1.81. The van der Waals surface area contributed by atoms with Crippen molar-refractivity contribution in [2.75, 3.05) is 25.6 Å². The Labute approximate surface area is 181 Å². The third-order valence-corrected chi connectivity index (χ3v) is 5.67. The van der Waals surface area contributed by atoms with E-state index in [-0.39, 0.29) is 30.9 Å². The van der Waals surface area contributed by atoms with E-state index in [0.717, 1.165) is 11.3 Å². The fraction of sp³-hybridized carbons (Fsp3) is 0.286. The van der Waals surface area contributed by atoms with Crippen LogP contribution in [0.5, 0.6) is 0 Å². The van der Waals surface area contributed by atoms with Crippen LogP contribution < -0.4 is 10.9 Å². The third-order valence-electron chi connectivity index (χ3n) is 4.49. The van der Waals surface area contributed by atoms with Gasteiger partial charge in [0.25, 0.3) is 5.56 Å². The second-order valence-electron chi connectivity index (χ2n) is 6.73. The number of esters is 1. The number of benzene rings is 1. The first-order valence-corrected chi connectivity index (χ1v) is 10.2. The second kappa shape index (κ2) is 9.63. The zero-order chi connectivity index (χ0) is 22.5. The van der Waals surface area contributed by atoms with E-state index in [9.17, 15) is 19.2 Å². The quantitative estimate of drug-likeness (QED) is 0.323. The number of hydrogen-bond donors (Lipinski definition) is 1. The molecule has 0 radical (unpaired) electrons. The van der Waals surface area contributed by atoms with Gasteiger partial charge in [-0.05, 0) is 31.5 Å². The molecule has 2 heterocycles. The number of amides is 1. The molecule has 10 heteroatoms. The number of carbonyl (C=O) groups is 3. The molecule has 0 saturated carbocycles. The molecule has 2 aromatic heterocycles. The Morgan fingerprint density at radius 1 is 1.23 bits per heavy atom. The summed E-state index contributed by atoms with van der Waals surface area (Å²) in [4.78, 5) is 54.0. The van der Waals surface area contributed by atoms with E-state index >= 15 is 0 Å². The number of aromatic nitrogens is 2. The molecule has 0 saturated heterocycles. The Morgan fingerprint density at radius 3 is 2.71 bits per heavy atom. The van der Waals surface area contributed by atoms with Gasteiger partial charge in [-0.25, -0.2) is 9.78 Å². The van der Waals surface area contributed by atoms with E-state index in [1.54, 1.807) is 31.2 Å². The first kappa shape index (κ1) is 22.3. The van der Waals surface area contributed by atoms with Gasteiger partial charge in [0.15, 0.2) is 5.78 Å². The summed E-state index contributed by atoms with van der Waals surface area (Å²) >= 11 is 1.07. The number of Topliss-reactive ketones (excluding diaryl/α,β-unsaturated/α-hetero) is 1. The number of ketones is 1. The standard InChI is InChI=1S/C21H21N3O6S/c1-12-17-19(31-18(12)21(28)30-8-7-29-3)22-11-24(20(17)27)10-16(26)23-15-6-4-5-14(9-15)13(2)25/h4-6,9,11H,7-8,10H2,1-3H3,(H,23,26). The number of anilines is 1. The monoisotopic (exact) mass is 443 g/mol. The first-order valence-electron chi connectivity index (χ1n) is 9.37. The smallest absolute Gasteiger partial charge is 0.348 e. The number of methoxy groups -OCH3 is 1. The molecule has 31 heavy (non-hydrogen) atoms. The highest BCUT2D eigenvalue weighted by Gasteiger charge is 2.21. The maximum atomic E-state index is 12.9. The number of nitrogens with one attached hydrogen (secondary N) is 1. The molecule has 0 aliphatic rings. The average Bonchev–Trinajstić information content (AvgIpc) is 3.07. The SMILES string of the molecule is COCCOC(=O)c1sc2ncn(CC(=O)Nc3cccc(C(C)=O)c3)c(=O)c2c1C. The Bertz CT molecular complexity index is 1210. The second-order valence-corrected chi connectivity index (χ2v) is 7.73. The Kier molecular flexibility index (Phi) is 6.93. The van der Waals surface area contributed by atoms with Crippen LogP contribution in [0.1, 0.15) is 32.5 Å². The van der Waals surface area contributed by atoms with Gasteiger partial charge in [-0.2, -0.15) is 0 Å². The minimum absolute atomic E-state index is 0.103. The summed E-state index contributed by atoms with van der Waals surface area (Å²) in [5.74, 6) is -1.12. The molecule has 1 amide bonds. The van der Waals surface area contributed by atoms with Crippen molar-refractivity contribution in [3.05, 3.63) is 57.0 Å². The van der Waals surface area contributed by atoms with E-state index in [0.29, 0.717) is 26.5 Å². The van der Waals surface area contributed by atoms with Crippen LogP contribution in [0.2, 0.25) is 0 Å². The highest BCUT2D eigenvalue weighted by atomic mass is 32.1. The van der Waals surface area contributed by atoms with Gasteiger partial charge < -0.3 is 14.8 Å². The molecular weight excluding hydrogens is 422 g/mol. The maximum Gasteiger partial charge on any atom is 0.348 e. The molecule has 1 aromatic carbocycles. The maximum absolute atomic E-state index is 12.9. The van der Waals surface area contributed by atoms with Crippen LogP contribution in [-0.2, 0) is 20.8 Å². The summed E-state index contributed by atoms with van der Waals surface area (Å²) in [6, 6.07) is 6.53. The minimum Gasteiger partial charge on any atom is -0.459 e. The van der Waals surface area contributed by atoms with Gasteiger partial charge in [0.2, 0.25) is 5.91 Å². The largest absolute Gasteiger partial charge is 0.459 e. The molecule has 3 aromatic rings. The van der Waals surface area contributed by atoms with Gasteiger partial charge in [0, 0.05) is 18.4 Å². The number of nitrogens with zero attached hydrogens (tertiary/aromatic N) is 2. The zero-order valence-corrected chi connectivity index (χ0v) is 18.1. The number of thiophene rings is 1. The van der Waals surface area contributed by atoms with E-state index < -0.39 is 17.4 Å². The van der Waals surface area contributed by atoms with Gasteiger partial charge in [-0.15, -0.1) is 11.3 Å². The Hall–Kier alpha value is -3.37. The number of hydrogen-bond acceptors (Lipinski definition) is 8. The van der Waals surface area contributed by atoms with Crippen molar-refractivity contribution in [2.45, 2.75) is 20.4 Å². The average molecular weight is 443 g/mol. The van der Waals surface area contributed by atoms with E-state index in [2.05, 4.69) is 10.3 Å². The minimum atomic E-state index is -0.549. The lowest BCUT2D eigenvalue weighted by Gasteiger charge is -2.08. The van der Waals surface area contributed by atoms with Crippen LogP contribution in [0.15, 0.2) is 35.4 Å². The van der Waals surface area contributed by atoms with Crippen LogP contribution in [-0.4, -0.2) is 47.5 Å². The molecule has 3 rings (SSSR count). The summed E-state index contributed by atoms with van der Waals surface area (Å²) < 4.78 is 11.2. The van der Waals surface area contributed by atoms with Crippen molar-refractivity contribution in [1.29, 1.82) is 0 Å². The number of aryl methyl sites for hydroxylation is 1. The van der Waals surface area contributed by atoms with E-state index in [4.69, 9.17) is 9.47 Å². The molecule has 0 unspecified atom stereocenters. The first-order chi connectivity index (χ1) is 14.8. The van der Waals surface area contributed by atoms with Crippen molar-refractivity contribution >= 4 is 44.9 Å². The summed E-state index contributed by atoms with van der Waals surface area (Å²) in [5, 5.41) is 2.94. The third kappa shape index (κ3) is 5.04. The molecule has 9 nitrogen and oxygen atoms in total. The molecular formula is C21H21N3O6S. The topological polar surface area (TPSA) is 117 Å². The lowest BCUT2D eigenvalue weighted by molar-refractivity contribution is -0.116. The zero-order valence-electron chi connectivity index (χ0n) is 17.3. The summed E-state index contributed by atoms with van der Waals surface area (Å²) in [5.41, 5.74) is 0.954. The van der Waals surface area contributed by atoms with Gasteiger partial charge in [0.1, 0.15) is 22.9 Å². The molecule has 0 bridgehead atoms. The number of fused-ring (bicyclic) bond motifs is 1. The molecule has 0 spiro atoms. The Morgan fingerprint density at radius 2 is 2.00 bits per heavy atom. The predicted molar refractivity (Wildman–Crippen MR) is 116 cm³/mol. The highest BCUT2D eigenvalue weighted by Crippen LogP contribution is 2.27. The summed E-state index contributed by atoms with van der Waals surface area (Å²) in [6.45, 7) is 3.19. The van der Waals surface area contributed by atoms with Crippen LogP contribution in [0.4, 0.5) is 5.69 Å². The lowest BCUT2D eigenvalue weighted by Crippen LogP contribution is -2.28. The van der Waals surface area contributed by atoms with Crippen LogP contribution >= 0.6 is 11.3 Å². The molecule has 0 aliphatic heterocycles. The normalized spacial score (nSPS) is 10.8. The van der Waals surface area contributed by atoms with Crippen molar-refractivity contribution in [3.8, 4) is 0 Å². The predicted octanol–water partition coefficient (Wildman–Crippen LogP) is 2.41. The molecule has 0 fully saturated rings. The van der Waals surface area contributed by atoms with Crippen molar-refractivity contribution < 1.29 is 23.9 Å². The molecule has 0 aliphatic carbocycles. The van der Waals surface area contributed by atoms with Crippen LogP contribution in [0.25, 0.3) is 10.2 Å². The fourth-order valence-corrected chi connectivity index (χ4v) is 3.95. The number of carbonyl (C=O) groups excluding carboxylic acids is 3. The number of rotatable bonds is 8. The number of ether oxygens (including phenoxy) is 2. The van der Waals surface area contributed by atoms with Gasteiger partial charge in [-0.1, -0.05) is 12.1 Å². The highest BCUT2D eigenvalue weighted by molar-refractivity contribution is 7.20. The molecule has 162 valence electrons. The summed E-state index contributed by atoms with van der Waals surface area (Å²) in [6.07, 6.45) is 1.27. The van der Waals surface area contributed by atoms with Crippen molar-refractivity contribution in [2.24, 2.45) is 0 Å². The van der Waals surface area contributed by atoms with Gasteiger partial charge >= 0.3 is 5.97 Å². The lowest BCUT2D eigenvalue weighted by atomic mass is 10.1. The fourth-order valence-electron chi connectivity index (χ4n) is 2.92. The van der Waals surface area contributed by atoms with Crippen molar-refractivity contribution in [1.82, 2.24) is 9.55 Å². The van der Waals surface area contributed by atoms with E-state index in [1.165, 1.54) is 24.9 Å². The molecule has 1 N–H and O–H groups in total. The van der Waals surface area contributed by atoms with Crippen LogP contribution in [0.3, 0.4) is 0 Å². The van der Waals surface area contributed by atoms with Gasteiger partial charge in [-0.3, -0.25) is 19.0 Å². The van der Waals surface area contributed by atoms with E-state index in [1.807, 2.05) is 0 Å². The van der Waals surface area contributed by atoms with Gasteiger partial charge in [0.05, 0.1) is 18.3 Å². The summed E-state index contributed by atoms with van der Waals surface area (Å²) in [7, 11) is 1.50.